The molecule has 0 heterocycles. The molecule has 0 N–H and O–H groups in total. The standard InChI is InChI=1S/C20H36O2Si/c1-17(2)15-21-23(22-16-18(3)4,19-11-7-5-8-12-19)20-13-9-6-10-14-20/h7,9,11,13,17-20H,5-6,8,10,12,14-16H2,1-4H3. The van der Waals surface area contributed by atoms with E-state index in [4.69, 9.17) is 8.85 Å². The Morgan fingerprint density at radius 1 is 0.826 bits per heavy atom. The number of hydrogen-bond donors (Lipinski definition) is 0. The Hall–Kier alpha value is -0.383. The van der Waals surface area contributed by atoms with Crippen molar-refractivity contribution in [3.8, 4) is 0 Å². The fraction of sp³-hybridized carbons (Fsp3) is 0.800. The van der Waals surface area contributed by atoms with Gasteiger partial charge in [0.1, 0.15) is 0 Å². The first-order valence-corrected chi connectivity index (χ1v) is 11.6. The average Bonchev–Trinajstić information content (AvgIpc) is 2.56. The summed E-state index contributed by atoms with van der Waals surface area (Å²) in [5.41, 5.74) is 1.03. The van der Waals surface area contributed by atoms with E-state index in [0.717, 1.165) is 13.2 Å². The lowest BCUT2D eigenvalue weighted by Crippen LogP contribution is -2.52. The quantitative estimate of drug-likeness (QED) is 0.400. The van der Waals surface area contributed by atoms with Gasteiger partial charge in [0.25, 0.3) is 0 Å². The summed E-state index contributed by atoms with van der Waals surface area (Å²) < 4.78 is 13.5. The van der Waals surface area contributed by atoms with E-state index in [1.54, 1.807) is 0 Å². The molecule has 2 aliphatic carbocycles. The Labute approximate surface area is 144 Å². The van der Waals surface area contributed by atoms with Crippen LogP contribution in [0.25, 0.3) is 0 Å². The SMILES string of the molecule is CC(C)CO[Si](OCC(C)C)(C1C=CCCC1)C1C=CCCC1. The van der Waals surface area contributed by atoms with Crippen molar-refractivity contribution in [1.29, 1.82) is 0 Å². The highest BCUT2D eigenvalue weighted by atomic mass is 28.4. The van der Waals surface area contributed by atoms with E-state index in [2.05, 4.69) is 52.0 Å². The molecule has 0 amide bonds. The minimum Gasteiger partial charge on any atom is -0.393 e. The van der Waals surface area contributed by atoms with E-state index in [1.807, 2.05) is 0 Å². The topological polar surface area (TPSA) is 18.5 Å². The van der Waals surface area contributed by atoms with Gasteiger partial charge in [-0.1, -0.05) is 52.0 Å². The fourth-order valence-corrected chi connectivity index (χ4v) is 8.33. The molecule has 0 aromatic heterocycles. The summed E-state index contributed by atoms with van der Waals surface area (Å²) in [6.07, 6.45) is 17.1. The molecule has 0 radical (unpaired) electrons. The van der Waals surface area contributed by atoms with E-state index < -0.39 is 8.56 Å². The number of rotatable bonds is 8. The lowest BCUT2D eigenvalue weighted by Gasteiger charge is -2.43. The maximum atomic E-state index is 6.73. The van der Waals surface area contributed by atoms with Crippen LogP contribution in [0.1, 0.15) is 66.2 Å². The highest BCUT2D eigenvalue weighted by Gasteiger charge is 2.51. The predicted molar refractivity (Wildman–Crippen MR) is 101 cm³/mol. The number of allylic oxidation sites excluding steroid dienone is 4. The lowest BCUT2D eigenvalue weighted by atomic mass is 10.1. The smallest absolute Gasteiger partial charge is 0.352 e. The Bertz CT molecular complexity index is 362. The molecule has 23 heavy (non-hydrogen) atoms. The second-order valence-corrected chi connectivity index (χ2v) is 11.6. The summed E-state index contributed by atoms with van der Waals surface area (Å²) in [6, 6.07) is 0. The van der Waals surface area contributed by atoms with Crippen LogP contribution in [-0.2, 0) is 8.85 Å². The van der Waals surface area contributed by atoms with Crippen LogP contribution in [0.2, 0.25) is 11.1 Å². The summed E-state index contributed by atoms with van der Waals surface area (Å²) in [5.74, 6) is 1.12. The second-order valence-electron chi connectivity index (χ2n) is 8.06. The van der Waals surface area contributed by atoms with Crippen molar-refractivity contribution in [2.75, 3.05) is 13.2 Å². The molecule has 3 heteroatoms. The highest BCUT2D eigenvalue weighted by Crippen LogP contribution is 2.45. The Balaban J connectivity index is 2.28. The van der Waals surface area contributed by atoms with Gasteiger partial charge in [0.2, 0.25) is 0 Å². The molecule has 2 atom stereocenters. The molecule has 132 valence electrons. The third-order valence-corrected chi connectivity index (χ3v) is 9.09. The van der Waals surface area contributed by atoms with Gasteiger partial charge < -0.3 is 8.85 Å². The van der Waals surface area contributed by atoms with Crippen molar-refractivity contribution in [2.45, 2.75) is 77.3 Å². The van der Waals surface area contributed by atoms with Gasteiger partial charge in [0.15, 0.2) is 0 Å². The zero-order valence-corrected chi connectivity index (χ0v) is 16.6. The van der Waals surface area contributed by atoms with Crippen LogP contribution in [0.5, 0.6) is 0 Å². The van der Waals surface area contributed by atoms with Crippen molar-refractivity contribution in [3.05, 3.63) is 24.3 Å². The first kappa shape index (κ1) is 18.9. The molecular weight excluding hydrogens is 300 g/mol. The normalized spacial score (nSPS) is 25.5. The minimum atomic E-state index is -2.29. The van der Waals surface area contributed by atoms with E-state index in [9.17, 15) is 0 Å². The largest absolute Gasteiger partial charge is 0.393 e. The molecule has 2 nitrogen and oxygen atoms in total. The van der Waals surface area contributed by atoms with Crippen molar-refractivity contribution >= 4 is 8.56 Å². The van der Waals surface area contributed by atoms with E-state index in [1.165, 1.54) is 38.5 Å². The van der Waals surface area contributed by atoms with Crippen molar-refractivity contribution in [1.82, 2.24) is 0 Å². The summed E-state index contributed by atoms with van der Waals surface area (Å²) in [4.78, 5) is 0. The van der Waals surface area contributed by atoms with Crippen LogP contribution in [0, 0.1) is 11.8 Å². The van der Waals surface area contributed by atoms with Gasteiger partial charge in [0, 0.05) is 24.3 Å². The van der Waals surface area contributed by atoms with Crippen LogP contribution in [-0.4, -0.2) is 21.8 Å². The van der Waals surface area contributed by atoms with Gasteiger partial charge in [-0.05, 0) is 50.4 Å². The summed E-state index contributed by atoms with van der Waals surface area (Å²) >= 11 is 0. The Kier molecular flexibility index (Phi) is 7.57. The third kappa shape index (κ3) is 5.30. The molecule has 0 aliphatic heterocycles. The molecule has 0 saturated carbocycles. The second kappa shape index (κ2) is 9.19. The van der Waals surface area contributed by atoms with Gasteiger partial charge in [-0.15, -0.1) is 0 Å². The first-order chi connectivity index (χ1) is 11.0. The molecule has 0 saturated heterocycles. The third-order valence-electron chi connectivity index (χ3n) is 4.83. The summed E-state index contributed by atoms with van der Waals surface area (Å²) in [6.45, 7) is 10.6. The zero-order chi connectivity index (χ0) is 16.7. The fourth-order valence-electron chi connectivity index (χ4n) is 3.63. The maximum absolute atomic E-state index is 6.73. The minimum absolute atomic E-state index is 0.515. The van der Waals surface area contributed by atoms with Crippen LogP contribution in [0.3, 0.4) is 0 Å². The first-order valence-electron chi connectivity index (χ1n) is 9.66. The molecule has 0 aromatic carbocycles. The molecule has 2 rings (SSSR count). The predicted octanol–water partition coefficient (Wildman–Crippen LogP) is 5.99. The van der Waals surface area contributed by atoms with E-state index in [0.29, 0.717) is 22.9 Å². The average molecular weight is 337 g/mol. The lowest BCUT2D eigenvalue weighted by molar-refractivity contribution is 0.124. The van der Waals surface area contributed by atoms with Gasteiger partial charge >= 0.3 is 8.56 Å². The molecule has 2 aliphatic rings. The van der Waals surface area contributed by atoms with Gasteiger partial charge in [-0.3, -0.25) is 0 Å². The van der Waals surface area contributed by atoms with E-state index in [-0.39, 0.29) is 0 Å². The molecule has 0 fully saturated rings. The maximum Gasteiger partial charge on any atom is 0.352 e. The number of hydrogen-bond acceptors (Lipinski definition) is 2. The van der Waals surface area contributed by atoms with Crippen LogP contribution in [0.15, 0.2) is 24.3 Å². The van der Waals surface area contributed by atoms with Crippen molar-refractivity contribution < 1.29 is 8.85 Å². The van der Waals surface area contributed by atoms with Crippen molar-refractivity contribution in [2.24, 2.45) is 11.8 Å². The molecule has 0 bridgehead atoms. The van der Waals surface area contributed by atoms with Gasteiger partial charge in [-0.25, -0.2) is 0 Å². The summed E-state index contributed by atoms with van der Waals surface area (Å²) in [5, 5.41) is 0. The van der Waals surface area contributed by atoms with E-state index >= 15 is 0 Å². The molecule has 0 aromatic rings. The molecule has 2 unspecified atom stereocenters. The Morgan fingerprint density at radius 3 is 1.57 bits per heavy atom. The van der Waals surface area contributed by atoms with Gasteiger partial charge in [-0.2, -0.15) is 0 Å². The van der Waals surface area contributed by atoms with Crippen molar-refractivity contribution in [3.63, 3.8) is 0 Å². The monoisotopic (exact) mass is 336 g/mol. The van der Waals surface area contributed by atoms with Crippen LogP contribution < -0.4 is 0 Å². The van der Waals surface area contributed by atoms with Crippen LogP contribution in [0.4, 0.5) is 0 Å². The highest BCUT2D eigenvalue weighted by molar-refractivity contribution is 6.71. The summed E-state index contributed by atoms with van der Waals surface area (Å²) in [7, 11) is -2.29. The zero-order valence-electron chi connectivity index (χ0n) is 15.6. The van der Waals surface area contributed by atoms with Crippen LogP contribution >= 0.6 is 0 Å². The molecule has 0 spiro atoms. The molecular formula is C20H36O2Si. The van der Waals surface area contributed by atoms with Gasteiger partial charge in [0.05, 0.1) is 0 Å². The Morgan fingerprint density at radius 2 is 1.26 bits per heavy atom.